The third kappa shape index (κ3) is 3.04. The van der Waals surface area contributed by atoms with Crippen molar-refractivity contribution in [1.29, 1.82) is 0 Å². The lowest BCUT2D eigenvalue weighted by Gasteiger charge is -2.08. The molecule has 2 rings (SSSR count). The predicted octanol–water partition coefficient (Wildman–Crippen LogP) is 2.62. The second-order valence-electron chi connectivity index (χ2n) is 3.60. The summed E-state index contributed by atoms with van der Waals surface area (Å²) < 4.78 is 28.4. The highest BCUT2D eigenvalue weighted by Gasteiger charge is 2.16. The Kier molecular flexibility index (Phi) is 3.70. The van der Waals surface area contributed by atoms with Crippen LogP contribution in [0.25, 0.3) is 0 Å². The molecule has 0 saturated heterocycles. The molecular formula is C13H9F2NO3. The molecule has 0 aliphatic rings. The number of hydrogen-bond acceptors (Lipinski definition) is 4. The number of benzene rings is 1. The van der Waals surface area contributed by atoms with Gasteiger partial charge in [-0.3, -0.25) is 9.78 Å². The van der Waals surface area contributed by atoms with E-state index in [9.17, 15) is 18.7 Å². The van der Waals surface area contributed by atoms with E-state index in [2.05, 4.69) is 9.72 Å². The normalized spacial score (nSPS) is 10.5. The molecule has 0 amide bonds. The van der Waals surface area contributed by atoms with Gasteiger partial charge < -0.3 is 9.84 Å². The average molecular weight is 265 g/mol. The fourth-order valence-corrected chi connectivity index (χ4v) is 1.51. The van der Waals surface area contributed by atoms with Gasteiger partial charge in [0.1, 0.15) is 17.2 Å². The molecule has 19 heavy (non-hydrogen) atoms. The molecule has 1 aromatic carbocycles. The van der Waals surface area contributed by atoms with Crippen LogP contribution in [-0.4, -0.2) is 22.5 Å². The van der Waals surface area contributed by atoms with Crippen LogP contribution in [0.2, 0.25) is 0 Å². The Morgan fingerprint density at radius 2 is 2.05 bits per heavy atom. The fourth-order valence-electron chi connectivity index (χ4n) is 1.51. The summed E-state index contributed by atoms with van der Waals surface area (Å²) in [6, 6.07) is 8.02. The number of carbonyl (C=O) groups excluding carboxylic acids is 1. The van der Waals surface area contributed by atoms with Gasteiger partial charge in [0.05, 0.1) is 5.56 Å². The molecule has 1 heterocycles. The summed E-state index contributed by atoms with van der Waals surface area (Å²) in [4.78, 5) is 15.9. The number of hydrogen-bond donors (Lipinski definition) is 1. The fraction of sp³-hybridized carbons (Fsp3) is 0.0769. The van der Waals surface area contributed by atoms with Gasteiger partial charge in [0.2, 0.25) is 5.78 Å². The second-order valence-corrected chi connectivity index (χ2v) is 3.60. The number of halogens is 2. The summed E-state index contributed by atoms with van der Waals surface area (Å²) in [6.07, 6.45) is 1.42. The molecule has 1 N–H and O–H groups in total. The van der Waals surface area contributed by atoms with Crippen molar-refractivity contribution in [3.8, 4) is 11.5 Å². The first-order valence-electron chi connectivity index (χ1n) is 5.31. The van der Waals surface area contributed by atoms with Crippen LogP contribution in [-0.2, 0) is 0 Å². The van der Waals surface area contributed by atoms with Crippen LogP contribution < -0.4 is 4.74 Å². The Morgan fingerprint density at radius 3 is 2.68 bits per heavy atom. The Hall–Kier alpha value is -2.50. The summed E-state index contributed by atoms with van der Waals surface area (Å²) in [5.74, 6) is -1.10. The minimum Gasteiger partial charge on any atom is -0.507 e. The number of ketones is 1. The maximum absolute atomic E-state index is 12.1. The van der Waals surface area contributed by atoms with Crippen LogP contribution >= 0.6 is 0 Å². The number of ether oxygens (including phenoxy) is 1. The summed E-state index contributed by atoms with van der Waals surface area (Å²) in [7, 11) is 0. The Balaban J connectivity index is 2.36. The van der Waals surface area contributed by atoms with Gasteiger partial charge in [-0.2, -0.15) is 8.78 Å². The molecule has 1 aromatic heterocycles. The second kappa shape index (κ2) is 5.43. The van der Waals surface area contributed by atoms with E-state index in [1.165, 1.54) is 12.3 Å². The van der Waals surface area contributed by atoms with Crippen molar-refractivity contribution in [3.63, 3.8) is 0 Å². The van der Waals surface area contributed by atoms with Gasteiger partial charge in [-0.25, -0.2) is 0 Å². The highest BCUT2D eigenvalue weighted by Crippen LogP contribution is 2.26. The van der Waals surface area contributed by atoms with E-state index < -0.39 is 12.4 Å². The summed E-state index contributed by atoms with van der Waals surface area (Å²) in [5, 5.41) is 9.61. The summed E-state index contributed by atoms with van der Waals surface area (Å²) in [5.41, 5.74) is -0.0381. The third-order valence-corrected chi connectivity index (χ3v) is 2.34. The first kappa shape index (κ1) is 12.9. The topological polar surface area (TPSA) is 59.4 Å². The van der Waals surface area contributed by atoms with E-state index >= 15 is 0 Å². The SMILES string of the molecule is O=C(c1ccccn1)c1cc(OC(F)F)ccc1O. The number of phenolic OH excluding ortho intramolecular Hbond substituents is 1. The largest absolute Gasteiger partial charge is 0.507 e. The van der Waals surface area contributed by atoms with Gasteiger partial charge in [0.15, 0.2) is 0 Å². The van der Waals surface area contributed by atoms with Crippen molar-refractivity contribution < 1.29 is 23.4 Å². The lowest BCUT2D eigenvalue weighted by atomic mass is 10.1. The molecular weight excluding hydrogens is 256 g/mol. The van der Waals surface area contributed by atoms with Gasteiger partial charge in [-0.1, -0.05) is 6.07 Å². The number of aromatic nitrogens is 1. The molecule has 0 fully saturated rings. The first-order valence-corrected chi connectivity index (χ1v) is 5.31. The number of rotatable bonds is 4. The smallest absolute Gasteiger partial charge is 0.387 e. The van der Waals surface area contributed by atoms with Crippen LogP contribution in [0.1, 0.15) is 16.1 Å². The van der Waals surface area contributed by atoms with E-state index in [-0.39, 0.29) is 22.8 Å². The Bertz CT molecular complexity index is 588. The van der Waals surface area contributed by atoms with Crippen molar-refractivity contribution >= 4 is 5.78 Å². The molecule has 0 atom stereocenters. The van der Waals surface area contributed by atoms with E-state index in [0.29, 0.717) is 0 Å². The van der Waals surface area contributed by atoms with Crippen molar-refractivity contribution in [2.75, 3.05) is 0 Å². The molecule has 0 aliphatic heterocycles. The van der Waals surface area contributed by atoms with Gasteiger partial charge in [-0.15, -0.1) is 0 Å². The minimum atomic E-state index is -3.00. The monoisotopic (exact) mass is 265 g/mol. The van der Waals surface area contributed by atoms with Crippen molar-refractivity contribution in [3.05, 3.63) is 53.9 Å². The van der Waals surface area contributed by atoms with Crippen LogP contribution in [0.5, 0.6) is 11.5 Å². The first-order chi connectivity index (χ1) is 9.08. The minimum absolute atomic E-state index is 0.104. The van der Waals surface area contributed by atoms with Gasteiger partial charge >= 0.3 is 6.61 Å². The number of pyridine rings is 1. The molecule has 0 spiro atoms. The summed E-state index contributed by atoms with van der Waals surface area (Å²) in [6.45, 7) is -3.00. The maximum Gasteiger partial charge on any atom is 0.387 e. The molecule has 6 heteroatoms. The number of alkyl halides is 2. The molecule has 4 nitrogen and oxygen atoms in total. The van der Waals surface area contributed by atoms with Crippen molar-refractivity contribution in [2.24, 2.45) is 0 Å². The highest BCUT2D eigenvalue weighted by molar-refractivity contribution is 6.09. The number of nitrogens with zero attached hydrogens (tertiary/aromatic N) is 1. The predicted molar refractivity (Wildman–Crippen MR) is 62.4 cm³/mol. The molecule has 0 aliphatic carbocycles. The van der Waals surface area contributed by atoms with Crippen LogP contribution in [0.3, 0.4) is 0 Å². The van der Waals surface area contributed by atoms with E-state index in [1.807, 2.05) is 0 Å². The standard InChI is InChI=1S/C13H9F2NO3/c14-13(15)19-8-4-5-11(17)9(7-8)12(18)10-3-1-2-6-16-10/h1-7,13,17H. The molecule has 0 saturated carbocycles. The molecule has 0 radical (unpaired) electrons. The van der Waals surface area contributed by atoms with Crippen LogP contribution in [0, 0.1) is 0 Å². The van der Waals surface area contributed by atoms with Crippen molar-refractivity contribution in [1.82, 2.24) is 4.98 Å². The van der Waals surface area contributed by atoms with E-state index in [1.54, 1.807) is 12.1 Å². The highest BCUT2D eigenvalue weighted by atomic mass is 19.3. The molecule has 0 bridgehead atoms. The molecule has 0 unspecified atom stereocenters. The third-order valence-electron chi connectivity index (χ3n) is 2.34. The zero-order chi connectivity index (χ0) is 13.8. The quantitative estimate of drug-likeness (QED) is 0.863. The van der Waals surface area contributed by atoms with E-state index in [0.717, 1.165) is 18.2 Å². The number of phenols is 1. The van der Waals surface area contributed by atoms with Gasteiger partial charge in [0.25, 0.3) is 0 Å². The maximum atomic E-state index is 12.1. The van der Waals surface area contributed by atoms with Gasteiger partial charge in [-0.05, 0) is 30.3 Å². The number of carbonyl (C=O) groups is 1. The Morgan fingerprint density at radius 1 is 1.26 bits per heavy atom. The van der Waals surface area contributed by atoms with Crippen LogP contribution in [0.15, 0.2) is 42.6 Å². The van der Waals surface area contributed by atoms with Crippen molar-refractivity contribution in [2.45, 2.75) is 6.61 Å². The lowest BCUT2D eigenvalue weighted by molar-refractivity contribution is -0.0499. The lowest BCUT2D eigenvalue weighted by Crippen LogP contribution is -2.06. The Labute approximate surface area is 107 Å². The average Bonchev–Trinajstić information content (AvgIpc) is 2.40. The molecule has 2 aromatic rings. The molecule has 98 valence electrons. The summed E-state index contributed by atoms with van der Waals surface area (Å²) >= 11 is 0. The van der Waals surface area contributed by atoms with E-state index in [4.69, 9.17) is 0 Å². The number of aromatic hydroxyl groups is 1. The van der Waals surface area contributed by atoms with Crippen LogP contribution in [0.4, 0.5) is 8.78 Å². The zero-order valence-electron chi connectivity index (χ0n) is 9.59. The van der Waals surface area contributed by atoms with Gasteiger partial charge in [0, 0.05) is 6.20 Å². The zero-order valence-corrected chi connectivity index (χ0v) is 9.59.